The summed E-state index contributed by atoms with van der Waals surface area (Å²) in [5.41, 5.74) is 0.811. The first-order chi connectivity index (χ1) is 13.9. The molecule has 3 aromatic rings. The number of hydrogen-bond donors (Lipinski definition) is 0. The van der Waals surface area contributed by atoms with Crippen molar-refractivity contribution < 1.29 is 26.5 Å². The summed E-state index contributed by atoms with van der Waals surface area (Å²) in [5, 5.41) is 0. The highest BCUT2D eigenvalue weighted by molar-refractivity contribution is 7.86. The van der Waals surface area contributed by atoms with Crippen LogP contribution in [0.1, 0.15) is 11.3 Å². The van der Waals surface area contributed by atoms with E-state index in [1.807, 2.05) is 18.2 Å². The van der Waals surface area contributed by atoms with E-state index >= 15 is 0 Å². The van der Waals surface area contributed by atoms with Crippen molar-refractivity contribution in [3.63, 3.8) is 0 Å². The van der Waals surface area contributed by atoms with Crippen molar-refractivity contribution in [2.75, 3.05) is 12.9 Å². The molecule has 152 valence electrons. The molecule has 8 heteroatoms. The Morgan fingerprint density at radius 3 is 2.28 bits per heavy atom. The minimum absolute atomic E-state index is 0.111. The van der Waals surface area contributed by atoms with Crippen LogP contribution >= 0.6 is 0 Å². The molecule has 0 saturated carbocycles. The molecule has 0 radical (unpaired) electrons. The summed E-state index contributed by atoms with van der Waals surface area (Å²) in [7, 11) is -3.59. The van der Waals surface area contributed by atoms with Crippen molar-refractivity contribution in [1.82, 2.24) is 4.90 Å². The molecule has 1 heterocycles. The van der Waals surface area contributed by atoms with E-state index in [4.69, 9.17) is 13.3 Å². The van der Waals surface area contributed by atoms with Crippen LogP contribution in [0.3, 0.4) is 0 Å². The van der Waals surface area contributed by atoms with Gasteiger partial charge >= 0.3 is 10.1 Å². The van der Waals surface area contributed by atoms with Gasteiger partial charge in [0.15, 0.2) is 6.61 Å². The minimum atomic E-state index is -3.59. The number of carbonyl (C=O) groups excluding carboxylic acids is 1. The maximum absolute atomic E-state index is 12.8. The number of para-hydroxylation sites is 1. The molecule has 3 rings (SSSR count). The van der Waals surface area contributed by atoms with Crippen LogP contribution in [0.4, 0.5) is 0 Å². The Bertz CT molecular complexity index is 1010. The van der Waals surface area contributed by atoms with Gasteiger partial charge in [0.05, 0.1) is 19.1 Å². The van der Waals surface area contributed by atoms with Crippen LogP contribution in [0.15, 0.2) is 77.4 Å². The number of furan rings is 1. The van der Waals surface area contributed by atoms with E-state index in [1.165, 1.54) is 0 Å². The van der Waals surface area contributed by atoms with E-state index < -0.39 is 10.1 Å². The third kappa shape index (κ3) is 6.69. The van der Waals surface area contributed by atoms with Crippen LogP contribution in [0, 0.1) is 0 Å². The van der Waals surface area contributed by atoms with Gasteiger partial charge in [-0.05, 0) is 42.0 Å². The van der Waals surface area contributed by atoms with Crippen molar-refractivity contribution in [3.05, 3.63) is 84.3 Å². The highest BCUT2D eigenvalue weighted by Crippen LogP contribution is 2.17. The van der Waals surface area contributed by atoms with E-state index in [0.29, 0.717) is 18.1 Å². The second-order valence-corrected chi connectivity index (χ2v) is 7.94. The maximum Gasteiger partial charge on any atom is 0.306 e. The highest BCUT2D eigenvalue weighted by Gasteiger charge is 2.17. The molecule has 0 saturated heterocycles. The molecule has 0 fully saturated rings. The Morgan fingerprint density at radius 1 is 0.931 bits per heavy atom. The van der Waals surface area contributed by atoms with Crippen LogP contribution < -0.4 is 8.92 Å². The third-order valence-corrected chi connectivity index (χ3v) is 4.42. The SMILES string of the molecule is CS(=O)(=O)Oc1ccc(CN(Cc2ccco2)C(=O)COc2ccccc2)cc1. The van der Waals surface area contributed by atoms with Crippen LogP contribution in [0.2, 0.25) is 0 Å². The molecule has 0 bridgehead atoms. The van der Waals surface area contributed by atoms with Crippen LogP contribution in [-0.2, 0) is 28.0 Å². The zero-order chi connectivity index (χ0) is 20.7. The van der Waals surface area contributed by atoms with Gasteiger partial charge in [-0.2, -0.15) is 8.42 Å². The quantitative estimate of drug-likeness (QED) is 0.499. The monoisotopic (exact) mass is 415 g/mol. The molecule has 0 N–H and O–H groups in total. The number of hydrogen-bond acceptors (Lipinski definition) is 6. The van der Waals surface area contributed by atoms with Crippen LogP contribution in [0.25, 0.3) is 0 Å². The maximum atomic E-state index is 12.8. The Kier molecular flexibility index (Phi) is 6.56. The van der Waals surface area contributed by atoms with Crippen LogP contribution in [-0.4, -0.2) is 32.1 Å². The van der Waals surface area contributed by atoms with E-state index in [2.05, 4.69) is 0 Å². The summed E-state index contributed by atoms with van der Waals surface area (Å²) in [4.78, 5) is 14.4. The zero-order valence-corrected chi connectivity index (χ0v) is 16.7. The van der Waals surface area contributed by atoms with Crippen molar-refractivity contribution in [3.8, 4) is 11.5 Å². The number of benzene rings is 2. The predicted molar refractivity (Wildman–Crippen MR) is 107 cm³/mol. The van der Waals surface area contributed by atoms with Gasteiger partial charge in [0, 0.05) is 6.54 Å². The standard InChI is InChI=1S/C21H21NO6S/c1-29(24,25)28-19-11-9-17(10-12-19)14-22(15-20-8-5-13-26-20)21(23)16-27-18-6-3-2-4-7-18/h2-13H,14-16H2,1H3. The van der Waals surface area contributed by atoms with Gasteiger partial charge in [0.2, 0.25) is 0 Å². The Labute approximate surface area is 169 Å². The Hall–Kier alpha value is -3.26. The van der Waals surface area contributed by atoms with Crippen molar-refractivity contribution in [2.45, 2.75) is 13.1 Å². The van der Waals surface area contributed by atoms with Crippen molar-refractivity contribution >= 4 is 16.0 Å². The number of rotatable bonds is 9. The molecule has 7 nitrogen and oxygen atoms in total. The first-order valence-electron chi connectivity index (χ1n) is 8.85. The molecule has 0 unspecified atom stereocenters. The van der Waals surface area contributed by atoms with E-state index in [9.17, 15) is 13.2 Å². The van der Waals surface area contributed by atoms with Gasteiger partial charge in [-0.25, -0.2) is 0 Å². The molecule has 0 aliphatic carbocycles. The van der Waals surface area contributed by atoms with Gasteiger partial charge < -0.3 is 18.2 Å². The Morgan fingerprint density at radius 2 is 1.66 bits per heavy atom. The first-order valence-corrected chi connectivity index (χ1v) is 10.7. The summed E-state index contributed by atoms with van der Waals surface area (Å²) < 4.78 is 38.2. The molecule has 0 aliphatic rings. The lowest BCUT2D eigenvalue weighted by Gasteiger charge is -2.22. The number of nitrogens with zero attached hydrogens (tertiary/aromatic N) is 1. The van der Waals surface area contributed by atoms with E-state index in [0.717, 1.165) is 11.8 Å². The van der Waals surface area contributed by atoms with Crippen molar-refractivity contribution in [2.24, 2.45) is 0 Å². The Balaban J connectivity index is 1.68. The fourth-order valence-corrected chi connectivity index (χ4v) is 3.08. The topological polar surface area (TPSA) is 86.1 Å². The molecule has 29 heavy (non-hydrogen) atoms. The molecule has 1 aromatic heterocycles. The van der Waals surface area contributed by atoms with Gasteiger partial charge in [-0.3, -0.25) is 4.79 Å². The molecule has 0 spiro atoms. The highest BCUT2D eigenvalue weighted by atomic mass is 32.2. The average molecular weight is 415 g/mol. The fraction of sp³-hybridized carbons (Fsp3) is 0.190. The second-order valence-electron chi connectivity index (χ2n) is 6.36. The lowest BCUT2D eigenvalue weighted by Crippen LogP contribution is -2.34. The number of ether oxygens (including phenoxy) is 1. The largest absolute Gasteiger partial charge is 0.484 e. The molecule has 2 aromatic carbocycles. The summed E-state index contributed by atoms with van der Waals surface area (Å²) in [6.07, 6.45) is 2.53. The predicted octanol–water partition coefficient (Wildman–Crippen LogP) is 3.23. The van der Waals surface area contributed by atoms with Crippen molar-refractivity contribution in [1.29, 1.82) is 0 Å². The molecule has 0 atom stereocenters. The second kappa shape index (κ2) is 9.29. The van der Waals surface area contributed by atoms with Gasteiger partial charge in [0.1, 0.15) is 17.3 Å². The smallest absolute Gasteiger partial charge is 0.306 e. The molecular formula is C21H21NO6S. The lowest BCUT2D eigenvalue weighted by molar-refractivity contribution is -0.134. The first kappa shape index (κ1) is 20.5. The zero-order valence-electron chi connectivity index (χ0n) is 15.9. The summed E-state index contributed by atoms with van der Waals surface area (Å²) in [6, 6.07) is 19.2. The van der Waals surface area contributed by atoms with Gasteiger partial charge in [0.25, 0.3) is 5.91 Å². The van der Waals surface area contributed by atoms with Gasteiger partial charge in [-0.15, -0.1) is 0 Å². The average Bonchev–Trinajstić information content (AvgIpc) is 3.20. The fourth-order valence-electron chi connectivity index (χ4n) is 2.62. The molecule has 1 amide bonds. The van der Waals surface area contributed by atoms with E-state index in [-0.39, 0.29) is 24.8 Å². The molecular weight excluding hydrogens is 394 g/mol. The minimum Gasteiger partial charge on any atom is -0.484 e. The summed E-state index contributed by atoms with van der Waals surface area (Å²) >= 11 is 0. The lowest BCUT2D eigenvalue weighted by atomic mass is 10.2. The summed E-state index contributed by atoms with van der Waals surface area (Å²) in [6.45, 7) is 0.475. The number of amides is 1. The third-order valence-electron chi connectivity index (χ3n) is 3.93. The number of carbonyl (C=O) groups is 1. The normalized spacial score (nSPS) is 11.1. The molecule has 0 aliphatic heterocycles. The van der Waals surface area contributed by atoms with Gasteiger partial charge in [-0.1, -0.05) is 30.3 Å². The van der Waals surface area contributed by atoms with Crippen LogP contribution in [0.5, 0.6) is 11.5 Å². The van der Waals surface area contributed by atoms with E-state index in [1.54, 1.807) is 59.7 Å². The summed E-state index contributed by atoms with van der Waals surface area (Å²) in [5.74, 6) is 1.27.